The van der Waals surface area contributed by atoms with Gasteiger partial charge in [-0.3, -0.25) is 9.59 Å². The molecule has 19 heavy (non-hydrogen) atoms. The Hall–Kier alpha value is -2.63. The Kier molecular flexibility index (Phi) is 3.92. The average Bonchev–Trinajstić information content (AvgIpc) is 2.40. The van der Waals surface area contributed by atoms with Gasteiger partial charge in [0.15, 0.2) is 0 Å². The van der Waals surface area contributed by atoms with Crippen LogP contribution in [0.15, 0.2) is 41.3 Å². The minimum absolute atomic E-state index is 0.118. The number of rotatable bonds is 5. The molecule has 1 heterocycles. The van der Waals surface area contributed by atoms with E-state index in [1.807, 2.05) is 18.2 Å². The normalized spacial score (nSPS) is 10.1. The van der Waals surface area contributed by atoms with Crippen LogP contribution in [0.4, 0.5) is 0 Å². The molecule has 0 radical (unpaired) electrons. The topological polar surface area (TPSA) is 92.3 Å². The summed E-state index contributed by atoms with van der Waals surface area (Å²) in [5.74, 6) is -0.0525. The summed E-state index contributed by atoms with van der Waals surface area (Å²) in [7, 11) is 0. The molecule has 0 atom stereocenters. The average molecular weight is 260 g/mol. The molecule has 98 valence electrons. The highest BCUT2D eigenvalue weighted by atomic mass is 16.5. The fourth-order valence-electron chi connectivity index (χ4n) is 1.49. The van der Waals surface area contributed by atoms with E-state index in [4.69, 9.17) is 9.84 Å². The second-order valence-corrected chi connectivity index (χ2v) is 3.86. The summed E-state index contributed by atoms with van der Waals surface area (Å²) in [6.07, 6.45) is 0.915. The fraction of sp³-hybridized carbons (Fsp3) is 0.154. The molecule has 0 aliphatic carbocycles. The smallest absolute Gasteiger partial charge is 0.308 e. The molecule has 0 aliphatic heterocycles. The highest BCUT2D eigenvalue weighted by molar-refractivity contribution is 5.69. The van der Waals surface area contributed by atoms with Crippen molar-refractivity contribution in [2.75, 3.05) is 0 Å². The molecule has 0 saturated carbocycles. The molecule has 0 bridgehead atoms. The standard InChI is InChI=1S/C13H12N2O4/c16-12(17)6-9-7-14-11(15-13(9)18)8-19-10-4-2-1-3-5-10/h1-5,7H,6,8H2,(H,16,17)(H,14,15,18). The number of para-hydroxylation sites is 1. The number of nitrogens with zero attached hydrogens (tertiary/aromatic N) is 1. The molecule has 0 spiro atoms. The predicted molar refractivity (Wildman–Crippen MR) is 67.0 cm³/mol. The van der Waals surface area contributed by atoms with Crippen LogP contribution in [0.25, 0.3) is 0 Å². The number of carbonyl (C=O) groups is 1. The predicted octanol–water partition coefficient (Wildman–Crippen LogP) is 0.976. The van der Waals surface area contributed by atoms with Gasteiger partial charge in [-0.1, -0.05) is 18.2 Å². The number of carboxylic acids is 1. The van der Waals surface area contributed by atoms with Crippen molar-refractivity contribution in [1.82, 2.24) is 9.97 Å². The first-order valence-corrected chi connectivity index (χ1v) is 5.62. The Bertz CT molecular complexity index is 622. The molecule has 2 N–H and O–H groups in total. The third-order valence-electron chi connectivity index (χ3n) is 2.39. The molecule has 1 aromatic heterocycles. The van der Waals surface area contributed by atoms with E-state index in [-0.39, 0.29) is 18.6 Å². The van der Waals surface area contributed by atoms with Gasteiger partial charge in [0, 0.05) is 11.8 Å². The maximum atomic E-state index is 11.6. The minimum atomic E-state index is -1.07. The van der Waals surface area contributed by atoms with Crippen LogP contribution in [0.2, 0.25) is 0 Å². The number of hydrogen-bond acceptors (Lipinski definition) is 4. The van der Waals surface area contributed by atoms with Gasteiger partial charge in [0.25, 0.3) is 5.56 Å². The number of aliphatic carboxylic acids is 1. The van der Waals surface area contributed by atoms with Crippen molar-refractivity contribution in [1.29, 1.82) is 0 Å². The van der Waals surface area contributed by atoms with Crippen molar-refractivity contribution in [2.45, 2.75) is 13.0 Å². The maximum absolute atomic E-state index is 11.6. The van der Waals surface area contributed by atoms with E-state index in [0.717, 1.165) is 0 Å². The van der Waals surface area contributed by atoms with Crippen LogP contribution in [0.5, 0.6) is 5.75 Å². The van der Waals surface area contributed by atoms with E-state index >= 15 is 0 Å². The number of aromatic amines is 1. The number of hydrogen-bond donors (Lipinski definition) is 2. The lowest BCUT2D eigenvalue weighted by molar-refractivity contribution is -0.136. The Balaban J connectivity index is 2.04. The maximum Gasteiger partial charge on any atom is 0.308 e. The number of benzene rings is 1. The number of H-pyrrole nitrogens is 1. The van der Waals surface area contributed by atoms with Gasteiger partial charge in [-0.15, -0.1) is 0 Å². The number of ether oxygens (including phenoxy) is 1. The molecule has 6 nitrogen and oxygen atoms in total. The summed E-state index contributed by atoms with van der Waals surface area (Å²) in [5, 5.41) is 8.61. The van der Waals surface area contributed by atoms with E-state index in [9.17, 15) is 9.59 Å². The van der Waals surface area contributed by atoms with Crippen molar-refractivity contribution < 1.29 is 14.6 Å². The van der Waals surface area contributed by atoms with E-state index in [2.05, 4.69) is 9.97 Å². The first-order valence-electron chi connectivity index (χ1n) is 5.62. The SMILES string of the molecule is O=C(O)Cc1cnc(COc2ccccc2)[nH]c1=O. The van der Waals surface area contributed by atoms with Gasteiger partial charge in [0.2, 0.25) is 0 Å². The molecule has 6 heteroatoms. The molecular formula is C13H12N2O4. The first-order chi connectivity index (χ1) is 9.15. The zero-order valence-corrected chi connectivity index (χ0v) is 10.00. The van der Waals surface area contributed by atoms with Crippen LogP contribution in [0.3, 0.4) is 0 Å². The molecule has 0 fully saturated rings. The van der Waals surface area contributed by atoms with Crippen LogP contribution < -0.4 is 10.3 Å². The van der Waals surface area contributed by atoms with Gasteiger partial charge in [0.05, 0.1) is 6.42 Å². The van der Waals surface area contributed by atoms with Crippen molar-refractivity contribution in [3.8, 4) is 5.75 Å². The molecule has 0 unspecified atom stereocenters. The fourth-order valence-corrected chi connectivity index (χ4v) is 1.49. The zero-order valence-electron chi connectivity index (χ0n) is 10.00. The van der Waals surface area contributed by atoms with Gasteiger partial charge in [0.1, 0.15) is 18.2 Å². The second kappa shape index (κ2) is 5.81. The number of carboxylic acid groups (broad SMARTS) is 1. The quantitative estimate of drug-likeness (QED) is 0.835. The molecular weight excluding hydrogens is 248 g/mol. The van der Waals surface area contributed by atoms with E-state index < -0.39 is 11.5 Å². The summed E-state index contributed by atoms with van der Waals surface area (Å²) >= 11 is 0. The van der Waals surface area contributed by atoms with Crippen LogP contribution in [-0.2, 0) is 17.8 Å². The lowest BCUT2D eigenvalue weighted by atomic mass is 10.2. The van der Waals surface area contributed by atoms with Gasteiger partial charge in [-0.2, -0.15) is 0 Å². The Morgan fingerprint density at radius 1 is 1.32 bits per heavy atom. The van der Waals surface area contributed by atoms with Crippen molar-refractivity contribution in [3.63, 3.8) is 0 Å². The Labute approximate surface area is 108 Å². The molecule has 0 saturated heterocycles. The van der Waals surface area contributed by atoms with Crippen LogP contribution in [0, 0.1) is 0 Å². The van der Waals surface area contributed by atoms with Crippen LogP contribution in [0.1, 0.15) is 11.4 Å². The van der Waals surface area contributed by atoms with Gasteiger partial charge in [-0.25, -0.2) is 4.98 Å². The summed E-state index contributed by atoms with van der Waals surface area (Å²) < 4.78 is 5.42. The summed E-state index contributed by atoms with van der Waals surface area (Å²) in [6.45, 7) is 0.118. The van der Waals surface area contributed by atoms with E-state index in [1.165, 1.54) is 6.20 Å². The molecule has 0 amide bonds. The van der Waals surface area contributed by atoms with Crippen LogP contribution in [-0.4, -0.2) is 21.0 Å². The third-order valence-corrected chi connectivity index (χ3v) is 2.39. The highest BCUT2D eigenvalue weighted by Gasteiger charge is 2.07. The molecule has 2 aromatic rings. The van der Waals surface area contributed by atoms with Crippen LogP contribution >= 0.6 is 0 Å². The van der Waals surface area contributed by atoms with Crippen molar-refractivity contribution in [2.24, 2.45) is 0 Å². The minimum Gasteiger partial charge on any atom is -0.486 e. The number of aromatic nitrogens is 2. The van der Waals surface area contributed by atoms with E-state index in [0.29, 0.717) is 11.6 Å². The lowest BCUT2D eigenvalue weighted by Crippen LogP contribution is -2.19. The molecule has 1 aromatic carbocycles. The Morgan fingerprint density at radius 2 is 2.05 bits per heavy atom. The summed E-state index contributed by atoms with van der Waals surface area (Å²) in [5.41, 5.74) is -0.333. The van der Waals surface area contributed by atoms with Gasteiger partial charge >= 0.3 is 5.97 Å². The first kappa shape index (κ1) is 12.8. The Morgan fingerprint density at radius 3 is 2.68 bits per heavy atom. The monoisotopic (exact) mass is 260 g/mol. The second-order valence-electron chi connectivity index (χ2n) is 3.86. The summed E-state index contributed by atoms with van der Waals surface area (Å²) in [4.78, 5) is 28.5. The number of nitrogens with one attached hydrogen (secondary N) is 1. The molecule has 2 rings (SSSR count). The van der Waals surface area contributed by atoms with Gasteiger partial charge in [-0.05, 0) is 12.1 Å². The zero-order chi connectivity index (χ0) is 13.7. The largest absolute Gasteiger partial charge is 0.486 e. The third kappa shape index (κ3) is 3.67. The van der Waals surface area contributed by atoms with Crippen molar-refractivity contribution in [3.05, 3.63) is 58.3 Å². The van der Waals surface area contributed by atoms with E-state index in [1.54, 1.807) is 12.1 Å². The van der Waals surface area contributed by atoms with Crippen molar-refractivity contribution >= 4 is 5.97 Å². The lowest BCUT2D eigenvalue weighted by Gasteiger charge is -2.05. The van der Waals surface area contributed by atoms with Gasteiger partial charge < -0.3 is 14.8 Å². The highest BCUT2D eigenvalue weighted by Crippen LogP contribution is 2.09. The molecule has 0 aliphatic rings. The summed E-state index contributed by atoms with van der Waals surface area (Å²) in [6, 6.07) is 9.12.